The number of rotatable bonds is 30. The van der Waals surface area contributed by atoms with Crippen molar-refractivity contribution in [1.82, 2.24) is 45.7 Å². The number of anilines is 3. The third-order valence-corrected chi connectivity index (χ3v) is 19.3. The lowest BCUT2D eigenvalue weighted by Crippen LogP contribution is -2.42. The quantitative estimate of drug-likeness (QED) is 0.0122. The number of carbonyl (C=O) groups is 4. The topological polar surface area (TPSA) is 365 Å². The van der Waals surface area contributed by atoms with Crippen LogP contribution in [0.5, 0.6) is 5.75 Å². The van der Waals surface area contributed by atoms with E-state index in [1.807, 2.05) is 80.2 Å². The predicted molar refractivity (Wildman–Crippen MR) is 374 cm³/mol. The highest BCUT2D eigenvalue weighted by Crippen LogP contribution is 2.49. The first-order valence-corrected chi connectivity index (χ1v) is 35.2. The van der Waals surface area contributed by atoms with Crippen LogP contribution in [-0.4, -0.2) is 168 Å². The zero-order valence-electron chi connectivity index (χ0n) is 56.3. The molecule has 9 rings (SSSR count). The van der Waals surface area contributed by atoms with Crippen molar-refractivity contribution in [3.05, 3.63) is 176 Å². The molecular weight excluding hydrogens is 1290 g/mol. The van der Waals surface area contributed by atoms with E-state index in [-0.39, 0.29) is 77.3 Å². The Balaban J connectivity index is 0.847. The van der Waals surface area contributed by atoms with Gasteiger partial charge in [0.1, 0.15) is 17.6 Å². The van der Waals surface area contributed by atoms with Gasteiger partial charge in [0.25, 0.3) is 31.7 Å². The Hall–Kier alpha value is -9.45. The molecule has 98 heavy (non-hydrogen) atoms. The summed E-state index contributed by atoms with van der Waals surface area (Å²) < 4.78 is 79.2. The van der Waals surface area contributed by atoms with Crippen LogP contribution in [0.1, 0.15) is 112 Å². The van der Waals surface area contributed by atoms with Crippen LogP contribution < -0.4 is 42.2 Å². The first kappa shape index (κ1) is 72.8. The summed E-state index contributed by atoms with van der Waals surface area (Å²) in [5.74, 6) is -1.58. The molecule has 0 radical (unpaired) electrons. The molecule has 0 saturated carbocycles. The fourth-order valence-electron chi connectivity index (χ4n) is 12.4. The molecule has 28 heteroatoms. The molecule has 26 nitrogen and oxygen atoms in total. The number of aliphatic carboxylic acids is 1. The number of carboxylic acids is 1. The molecule has 520 valence electrons. The molecule has 1 atom stereocenters. The second-order valence-electron chi connectivity index (χ2n) is 26.1. The van der Waals surface area contributed by atoms with Gasteiger partial charge >= 0.3 is 5.97 Å². The third-order valence-electron chi connectivity index (χ3n) is 17.6. The number of nitrogens with two attached hydrogens (primary N) is 1. The number of benzene rings is 4. The van der Waals surface area contributed by atoms with E-state index < -0.39 is 60.5 Å². The van der Waals surface area contributed by atoms with Crippen molar-refractivity contribution >= 4 is 83.8 Å². The summed E-state index contributed by atoms with van der Waals surface area (Å²) in [5.41, 5.74) is 12.9. The lowest BCUT2D eigenvalue weighted by molar-refractivity contribution is -0.438. The van der Waals surface area contributed by atoms with Crippen LogP contribution in [0.15, 0.2) is 153 Å². The van der Waals surface area contributed by atoms with Crippen LogP contribution in [0.3, 0.4) is 0 Å². The van der Waals surface area contributed by atoms with E-state index >= 15 is 0 Å². The summed E-state index contributed by atoms with van der Waals surface area (Å²) >= 11 is 0. The number of nitrogens with one attached hydrogen (secondary N) is 5. The van der Waals surface area contributed by atoms with Crippen LogP contribution in [0.25, 0.3) is 11.2 Å². The molecule has 0 unspecified atom stereocenters. The maximum atomic E-state index is 13.1. The lowest BCUT2D eigenvalue weighted by atomic mass is 9.81. The van der Waals surface area contributed by atoms with Crippen molar-refractivity contribution in [2.24, 2.45) is 0 Å². The van der Waals surface area contributed by atoms with Gasteiger partial charge < -0.3 is 51.5 Å². The minimum Gasteiger partial charge on any atom is -0.480 e. The van der Waals surface area contributed by atoms with Crippen molar-refractivity contribution in [2.75, 3.05) is 83.4 Å². The van der Waals surface area contributed by atoms with Gasteiger partial charge in [0.05, 0.1) is 33.6 Å². The van der Waals surface area contributed by atoms with Gasteiger partial charge in [-0.05, 0) is 188 Å². The van der Waals surface area contributed by atoms with Gasteiger partial charge in [0, 0.05) is 91.2 Å². The van der Waals surface area contributed by atoms with Crippen molar-refractivity contribution in [1.29, 1.82) is 0 Å². The Bertz CT molecular complexity index is 4480. The van der Waals surface area contributed by atoms with Gasteiger partial charge in [-0.15, -0.1) is 0 Å². The van der Waals surface area contributed by atoms with E-state index in [0.717, 1.165) is 83.0 Å². The molecule has 4 aromatic carbocycles. The van der Waals surface area contributed by atoms with Gasteiger partial charge in [0.15, 0.2) is 23.4 Å². The molecule has 10 N–H and O–H groups in total. The summed E-state index contributed by atoms with van der Waals surface area (Å²) in [5, 5.41) is 21.0. The molecule has 0 spiro atoms. The minimum atomic E-state index is -4.49. The molecule has 0 bridgehead atoms. The van der Waals surface area contributed by atoms with E-state index in [1.165, 1.54) is 30.5 Å². The molecule has 0 saturated heterocycles. The number of fused-ring (bicyclic) bond motifs is 3. The SMILES string of the molecule is CN(C)CCCN1C(=CC=C2CCCC(C=CC3=[N+](CCCN(C)C)c4ccc(S(=O)(=O)O)cc4C3(C)C)=C2Oc2ccc(CCC(=O)NCCNC(=O)CC[C@H](NC(=O)c3ccc(NCc4cnc5nc(N)[nH]c(=O)c5n4)cc3)C(=O)O)cc2)C(C)(C)c2cc(S(=O)(=O)O)ccc21. The number of nitrogen functional groups attached to an aromatic ring is 1. The highest BCUT2D eigenvalue weighted by Gasteiger charge is 2.45. The smallest absolute Gasteiger partial charge is 0.326 e. The normalized spacial score (nSPS) is 16.3. The van der Waals surface area contributed by atoms with E-state index in [1.54, 1.807) is 36.4 Å². The average Bonchev–Trinajstić information content (AvgIpc) is 1.59. The van der Waals surface area contributed by atoms with Gasteiger partial charge in [-0.25, -0.2) is 14.8 Å². The number of aryl methyl sites for hydroxylation is 1. The molecule has 4 heterocycles. The molecule has 6 aromatic rings. The van der Waals surface area contributed by atoms with E-state index in [2.05, 4.69) is 84.8 Å². The van der Waals surface area contributed by atoms with Crippen molar-refractivity contribution in [3.63, 3.8) is 0 Å². The first-order valence-electron chi connectivity index (χ1n) is 32.4. The summed E-state index contributed by atoms with van der Waals surface area (Å²) in [4.78, 5) is 84.2. The summed E-state index contributed by atoms with van der Waals surface area (Å²) in [7, 11) is -0.921. The van der Waals surface area contributed by atoms with Crippen molar-refractivity contribution < 1.29 is 59.5 Å². The molecule has 0 fully saturated rings. The standard InChI is InChI=1S/C70H85N13O13S2/c1-69(2)53-40-51(97(90,91)92)25-28-56(53)82(38-10-36-80(5)6)58(69)30-19-45-12-9-13-46(20-31-59-70(3,4)54-41-52(98(93,94)95)26-29-57(54)83(59)39-11-37-81(7)8)63(45)96-50-23-14-44(15-24-50)16-32-60(84)72-34-35-73-61(85)33-27-55(67(88)89)77-65(86)47-17-21-48(22-18-47)74-42-49-43-75-64-62(76-49)66(87)79-68(71)78-64/h14-15,17-26,28-31,40-41,43,55H,9-13,16,27,32-39,42H2,1-8H3,(H9-,71,72,73,74,75,77,78,79,84,85,86,87,88,89,90,91,92,93,94,95)/p+1/t55-/m0/s1. The fraction of sp³-hybridized carbons (Fsp3) is 0.386. The number of hydrogen-bond donors (Lipinski definition) is 9. The molecular formula is C70H86N13O13S2+. The number of allylic oxidation sites excluding steroid dienone is 7. The Labute approximate surface area is 570 Å². The first-order chi connectivity index (χ1) is 46.4. The Kier molecular flexibility index (Phi) is 23.0. The third kappa shape index (κ3) is 18.0. The largest absolute Gasteiger partial charge is 0.480 e. The number of carboxylic acid groups (broad SMARTS) is 1. The van der Waals surface area contributed by atoms with Crippen LogP contribution >= 0.6 is 0 Å². The number of nitrogens with zero attached hydrogens (tertiary/aromatic N) is 7. The number of carbonyl (C=O) groups excluding carboxylic acids is 3. The fourth-order valence-corrected chi connectivity index (χ4v) is 13.4. The molecule has 3 aliphatic rings. The Morgan fingerprint density at radius 3 is 2.11 bits per heavy atom. The summed E-state index contributed by atoms with van der Waals surface area (Å²) in [6.45, 7) is 11.5. The van der Waals surface area contributed by atoms with Crippen LogP contribution in [0, 0.1) is 0 Å². The van der Waals surface area contributed by atoms with E-state index in [0.29, 0.717) is 55.2 Å². The number of hydrogen-bond acceptors (Lipinski definition) is 18. The molecule has 1 aliphatic carbocycles. The number of aromatic nitrogens is 4. The zero-order chi connectivity index (χ0) is 70.9. The van der Waals surface area contributed by atoms with Gasteiger partial charge in [0.2, 0.25) is 23.5 Å². The summed E-state index contributed by atoms with van der Waals surface area (Å²) in [6, 6.07) is 21.8. The second kappa shape index (κ2) is 31.0. The van der Waals surface area contributed by atoms with E-state index in [4.69, 9.17) is 10.5 Å². The summed E-state index contributed by atoms with van der Waals surface area (Å²) in [6.07, 6.45) is 13.6. The van der Waals surface area contributed by atoms with Gasteiger partial charge in [-0.1, -0.05) is 32.1 Å². The van der Waals surface area contributed by atoms with Crippen LogP contribution in [-0.2, 0) is 58.4 Å². The van der Waals surface area contributed by atoms with Gasteiger partial charge in [-0.2, -0.15) is 26.4 Å². The van der Waals surface area contributed by atoms with Gasteiger partial charge in [-0.3, -0.25) is 33.3 Å². The monoisotopic (exact) mass is 1380 g/mol. The Morgan fingerprint density at radius 1 is 0.796 bits per heavy atom. The number of H-pyrrole nitrogens is 1. The molecule has 2 aliphatic heterocycles. The predicted octanol–water partition coefficient (Wildman–Crippen LogP) is 7.19. The van der Waals surface area contributed by atoms with Crippen LogP contribution in [0.4, 0.5) is 23.0 Å². The van der Waals surface area contributed by atoms with Crippen molar-refractivity contribution in [2.45, 2.75) is 119 Å². The number of ether oxygens (including phenoxy) is 1. The average molecular weight is 1380 g/mol. The highest BCUT2D eigenvalue weighted by molar-refractivity contribution is 7.86. The number of amides is 3. The minimum absolute atomic E-state index is 0.0294. The van der Waals surface area contributed by atoms with Crippen molar-refractivity contribution in [3.8, 4) is 5.75 Å². The zero-order valence-corrected chi connectivity index (χ0v) is 57.9. The Morgan fingerprint density at radius 2 is 1.45 bits per heavy atom. The van der Waals surface area contributed by atoms with E-state index in [9.17, 15) is 55.0 Å². The highest BCUT2D eigenvalue weighted by atomic mass is 32.2. The molecule has 3 amide bonds. The maximum absolute atomic E-state index is 13.1. The second-order valence-corrected chi connectivity index (χ2v) is 29.0. The number of aromatic amines is 1. The molecule has 2 aromatic heterocycles. The lowest BCUT2D eigenvalue weighted by Gasteiger charge is -2.28. The van der Waals surface area contributed by atoms with Crippen LogP contribution in [0.2, 0.25) is 0 Å². The maximum Gasteiger partial charge on any atom is 0.326 e.